The SMILES string of the molecule is Cc1cccc(CC(O)(Cc2cccc(CN)c2)C(N)c2cccc3ccccc23)c1. The molecule has 3 heteroatoms. The number of rotatable bonds is 7. The smallest absolute Gasteiger partial charge is 0.0919 e. The molecule has 4 rings (SSSR count). The van der Waals surface area contributed by atoms with Crippen LogP contribution in [0.5, 0.6) is 0 Å². The highest BCUT2D eigenvalue weighted by atomic mass is 16.3. The van der Waals surface area contributed by atoms with Gasteiger partial charge >= 0.3 is 0 Å². The van der Waals surface area contributed by atoms with Gasteiger partial charge in [0.05, 0.1) is 11.6 Å². The van der Waals surface area contributed by atoms with E-state index in [2.05, 4.69) is 49.4 Å². The Hall–Kier alpha value is -2.98. The molecule has 0 aliphatic carbocycles. The molecular formula is C28H30N2O. The van der Waals surface area contributed by atoms with Crippen LogP contribution in [-0.2, 0) is 19.4 Å². The van der Waals surface area contributed by atoms with Gasteiger partial charge in [-0.3, -0.25) is 0 Å². The molecule has 0 bridgehead atoms. The van der Waals surface area contributed by atoms with Crippen LogP contribution < -0.4 is 11.5 Å². The van der Waals surface area contributed by atoms with Crippen LogP contribution >= 0.6 is 0 Å². The van der Waals surface area contributed by atoms with Gasteiger partial charge in [0, 0.05) is 19.4 Å². The van der Waals surface area contributed by atoms with Crippen molar-refractivity contribution in [2.24, 2.45) is 11.5 Å². The lowest BCUT2D eigenvalue weighted by atomic mass is 9.78. The molecule has 0 aromatic heterocycles. The van der Waals surface area contributed by atoms with E-state index >= 15 is 0 Å². The minimum absolute atomic E-state index is 0.444. The van der Waals surface area contributed by atoms with E-state index in [1.54, 1.807) is 0 Å². The van der Waals surface area contributed by atoms with Crippen molar-refractivity contribution in [2.45, 2.75) is 38.0 Å². The number of hydrogen-bond acceptors (Lipinski definition) is 3. The van der Waals surface area contributed by atoms with Crippen LogP contribution in [0.15, 0.2) is 91.0 Å². The van der Waals surface area contributed by atoms with Crippen molar-refractivity contribution in [3.05, 3.63) is 119 Å². The first-order valence-electron chi connectivity index (χ1n) is 10.8. The number of aryl methyl sites for hydroxylation is 1. The van der Waals surface area contributed by atoms with Gasteiger partial charge in [-0.25, -0.2) is 0 Å². The van der Waals surface area contributed by atoms with E-state index in [9.17, 15) is 5.11 Å². The Morgan fingerprint density at radius 1 is 0.774 bits per heavy atom. The van der Waals surface area contributed by atoms with Crippen molar-refractivity contribution in [3.63, 3.8) is 0 Å². The number of hydrogen-bond donors (Lipinski definition) is 3. The lowest BCUT2D eigenvalue weighted by Crippen LogP contribution is -2.45. The van der Waals surface area contributed by atoms with Gasteiger partial charge in [-0.1, -0.05) is 96.6 Å². The Morgan fingerprint density at radius 3 is 2.13 bits per heavy atom. The molecule has 4 aromatic rings. The number of benzene rings is 4. The minimum atomic E-state index is -1.16. The second kappa shape index (κ2) is 9.03. The summed E-state index contributed by atoms with van der Waals surface area (Å²) in [7, 11) is 0. The molecule has 0 radical (unpaired) electrons. The average Bonchev–Trinajstić information content (AvgIpc) is 2.78. The van der Waals surface area contributed by atoms with Crippen molar-refractivity contribution in [3.8, 4) is 0 Å². The van der Waals surface area contributed by atoms with E-state index in [4.69, 9.17) is 11.5 Å². The van der Waals surface area contributed by atoms with E-state index in [0.29, 0.717) is 19.4 Å². The molecule has 4 aromatic carbocycles. The molecular weight excluding hydrogens is 380 g/mol. The predicted octanol–water partition coefficient (Wildman–Crippen LogP) is 4.82. The molecule has 0 aliphatic rings. The average molecular weight is 411 g/mol. The van der Waals surface area contributed by atoms with Crippen LogP contribution in [0.1, 0.15) is 33.9 Å². The van der Waals surface area contributed by atoms with Crippen LogP contribution in [0.2, 0.25) is 0 Å². The van der Waals surface area contributed by atoms with Crippen molar-refractivity contribution >= 4 is 10.8 Å². The second-order valence-corrected chi connectivity index (χ2v) is 8.52. The third-order valence-electron chi connectivity index (χ3n) is 6.07. The molecule has 2 unspecified atom stereocenters. The minimum Gasteiger partial charge on any atom is -0.387 e. The normalized spacial score (nSPS) is 14.3. The highest BCUT2D eigenvalue weighted by Crippen LogP contribution is 2.35. The summed E-state index contributed by atoms with van der Waals surface area (Å²) in [6, 6.07) is 30.2. The zero-order valence-electron chi connectivity index (χ0n) is 18.0. The molecule has 158 valence electrons. The summed E-state index contributed by atoms with van der Waals surface area (Å²) in [4.78, 5) is 0. The fourth-order valence-electron chi connectivity index (χ4n) is 4.49. The Morgan fingerprint density at radius 2 is 1.39 bits per heavy atom. The second-order valence-electron chi connectivity index (χ2n) is 8.52. The van der Waals surface area contributed by atoms with Crippen molar-refractivity contribution in [1.82, 2.24) is 0 Å². The van der Waals surface area contributed by atoms with Gasteiger partial charge in [0.15, 0.2) is 0 Å². The quantitative estimate of drug-likeness (QED) is 0.409. The fourth-order valence-corrected chi connectivity index (χ4v) is 4.49. The summed E-state index contributed by atoms with van der Waals surface area (Å²) in [6.07, 6.45) is 0.908. The van der Waals surface area contributed by atoms with E-state index in [-0.39, 0.29) is 0 Å². The monoisotopic (exact) mass is 410 g/mol. The summed E-state index contributed by atoms with van der Waals surface area (Å²) in [5.41, 5.74) is 16.9. The van der Waals surface area contributed by atoms with Crippen LogP contribution in [0, 0.1) is 6.92 Å². The Kier molecular flexibility index (Phi) is 6.19. The van der Waals surface area contributed by atoms with Crippen LogP contribution in [-0.4, -0.2) is 10.7 Å². The summed E-state index contributed by atoms with van der Waals surface area (Å²) in [6.45, 7) is 2.54. The van der Waals surface area contributed by atoms with Gasteiger partial charge in [0.2, 0.25) is 0 Å². The fraction of sp³-hybridized carbons (Fsp3) is 0.214. The maximum absolute atomic E-state index is 12.1. The topological polar surface area (TPSA) is 72.3 Å². The van der Waals surface area contributed by atoms with Crippen LogP contribution in [0.4, 0.5) is 0 Å². The largest absolute Gasteiger partial charge is 0.387 e. The number of fused-ring (bicyclic) bond motifs is 1. The van der Waals surface area contributed by atoms with Crippen molar-refractivity contribution in [2.75, 3.05) is 0 Å². The maximum atomic E-state index is 12.1. The first-order valence-corrected chi connectivity index (χ1v) is 10.8. The van der Waals surface area contributed by atoms with Crippen LogP contribution in [0.3, 0.4) is 0 Å². The summed E-state index contributed by atoms with van der Waals surface area (Å²) in [5.74, 6) is 0. The maximum Gasteiger partial charge on any atom is 0.0919 e. The summed E-state index contributed by atoms with van der Waals surface area (Å²) >= 11 is 0. The standard InChI is InChI=1S/C28H30N2O/c1-20-7-4-8-21(15-20)17-28(31,18-22-9-5-10-23(16-22)19-29)27(30)26-14-6-12-24-11-2-3-13-25(24)26/h2-16,27,31H,17-19,29-30H2,1H3. The van der Waals surface area contributed by atoms with Crippen molar-refractivity contribution < 1.29 is 5.11 Å². The molecule has 0 heterocycles. The predicted molar refractivity (Wildman–Crippen MR) is 129 cm³/mol. The molecule has 0 fully saturated rings. The zero-order valence-corrected chi connectivity index (χ0v) is 18.0. The third kappa shape index (κ3) is 4.70. The Balaban J connectivity index is 1.78. The van der Waals surface area contributed by atoms with E-state index in [1.807, 2.05) is 48.5 Å². The lowest BCUT2D eigenvalue weighted by Gasteiger charge is -2.35. The Bertz CT molecular complexity index is 1180. The molecule has 0 amide bonds. The van der Waals surface area contributed by atoms with E-state index in [1.165, 1.54) is 5.56 Å². The molecule has 3 nitrogen and oxygen atoms in total. The molecule has 0 aliphatic heterocycles. The van der Waals surface area contributed by atoms with E-state index < -0.39 is 11.6 Å². The number of aliphatic hydroxyl groups is 1. The first-order chi connectivity index (χ1) is 15.0. The van der Waals surface area contributed by atoms with Gasteiger partial charge in [0.25, 0.3) is 0 Å². The molecule has 0 saturated heterocycles. The Labute approximate surface area is 184 Å². The molecule has 31 heavy (non-hydrogen) atoms. The molecule has 5 N–H and O–H groups in total. The van der Waals surface area contributed by atoms with Gasteiger partial charge < -0.3 is 16.6 Å². The van der Waals surface area contributed by atoms with Crippen molar-refractivity contribution in [1.29, 1.82) is 0 Å². The van der Waals surface area contributed by atoms with Gasteiger partial charge in [-0.15, -0.1) is 0 Å². The summed E-state index contributed by atoms with van der Waals surface area (Å²) < 4.78 is 0. The first kappa shape index (κ1) is 21.3. The van der Waals surface area contributed by atoms with Gasteiger partial charge in [0.1, 0.15) is 0 Å². The molecule has 0 saturated carbocycles. The number of nitrogens with two attached hydrogens (primary N) is 2. The van der Waals surface area contributed by atoms with E-state index in [0.717, 1.165) is 33.0 Å². The molecule has 0 spiro atoms. The van der Waals surface area contributed by atoms with Gasteiger partial charge in [-0.2, -0.15) is 0 Å². The highest BCUT2D eigenvalue weighted by Gasteiger charge is 2.36. The third-order valence-corrected chi connectivity index (χ3v) is 6.07. The lowest BCUT2D eigenvalue weighted by molar-refractivity contribution is 0.0140. The zero-order chi connectivity index (χ0) is 21.8. The summed E-state index contributed by atoms with van der Waals surface area (Å²) in [5, 5.41) is 14.3. The molecule has 2 atom stereocenters. The van der Waals surface area contributed by atoms with Crippen LogP contribution in [0.25, 0.3) is 10.8 Å². The highest BCUT2D eigenvalue weighted by molar-refractivity contribution is 5.86. The van der Waals surface area contributed by atoms with Gasteiger partial charge in [-0.05, 0) is 39.9 Å².